The number of carbonyl (C=O) groups excluding carboxylic acids is 1. The number of carbonyl (C=O) groups is 1. The van der Waals surface area contributed by atoms with Gasteiger partial charge in [0.05, 0.1) is 12.8 Å². The molecule has 2 unspecified atom stereocenters. The second-order valence-corrected chi connectivity index (χ2v) is 7.72. The van der Waals surface area contributed by atoms with Crippen molar-refractivity contribution in [3.05, 3.63) is 82.4 Å². The third kappa shape index (κ3) is 4.08. The van der Waals surface area contributed by atoms with E-state index in [1.807, 2.05) is 34.9 Å². The summed E-state index contributed by atoms with van der Waals surface area (Å²) in [5, 5.41) is 0. The van der Waals surface area contributed by atoms with Gasteiger partial charge < -0.3 is 9.30 Å². The van der Waals surface area contributed by atoms with Gasteiger partial charge in [0.15, 0.2) is 0 Å². The first-order valence-electron chi connectivity index (χ1n) is 10.5. The highest BCUT2D eigenvalue weighted by atomic mass is 16.5. The first-order valence-corrected chi connectivity index (χ1v) is 10.5. The SMILES string of the molecule is COC(=O)c1cc(=O)n(C2CC=CCC2)c(=Nc2ccccc2)n1C1CC=CCC1. The normalized spacial score (nSPS) is 21.6. The van der Waals surface area contributed by atoms with E-state index in [2.05, 4.69) is 24.3 Å². The Kier molecular flexibility index (Phi) is 6.12. The van der Waals surface area contributed by atoms with Crippen LogP contribution in [0.5, 0.6) is 0 Å². The maximum absolute atomic E-state index is 13.2. The van der Waals surface area contributed by atoms with Crippen LogP contribution in [-0.4, -0.2) is 22.2 Å². The number of allylic oxidation sites excluding steroid dienone is 4. The van der Waals surface area contributed by atoms with Gasteiger partial charge in [-0.15, -0.1) is 0 Å². The predicted molar refractivity (Wildman–Crippen MR) is 116 cm³/mol. The van der Waals surface area contributed by atoms with Gasteiger partial charge in [-0.3, -0.25) is 9.36 Å². The molecule has 0 spiro atoms. The standard InChI is InChI=1S/C24H27N3O3/c1-30-23(29)21-17-22(28)27(20-15-9-4-10-16-20)24(25-18-11-5-2-6-12-18)26(21)19-13-7-3-8-14-19/h2-7,9,11-12,17,19-20H,8,10,13-16H2,1H3. The summed E-state index contributed by atoms with van der Waals surface area (Å²) in [4.78, 5) is 30.8. The molecule has 6 heteroatoms. The number of hydrogen-bond donors (Lipinski definition) is 0. The van der Waals surface area contributed by atoms with Crippen molar-refractivity contribution >= 4 is 11.7 Å². The topological polar surface area (TPSA) is 65.6 Å². The molecule has 2 aliphatic rings. The number of rotatable bonds is 4. The van der Waals surface area contributed by atoms with Crippen molar-refractivity contribution in [2.24, 2.45) is 4.99 Å². The Morgan fingerprint density at radius 2 is 1.60 bits per heavy atom. The van der Waals surface area contributed by atoms with Crippen molar-refractivity contribution in [3.63, 3.8) is 0 Å². The Labute approximate surface area is 175 Å². The van der Waals surface area contributed by atoms with Crippen molar-refractivity contribution in [1.82, 2.24) is 9.13 Å². The molecule has 4 rings (SSSR count). The molecular weight excluding hydrogens is 378 g/mol. The largest absolute Gasteiger partial charge is 0.464 e. The van der Waals surface area contributed by atoms with Crippen LogP contribution in [0, 0.1) is 0 Å². The van der Waals surface area contributed by atoms with Crippen molar-refractivity contribution in [2.45, 2.75) is 50.6 Å². The summed E-state index contributed by atoms with van der Waals surface area (Å²) in [6, 6.07) is 11.1. The Bertz CT molecular complexity index is 1090. The van der Waals surface area contributed by atoms with Gasteiger partial charge in [-0.25, -0.2) is 9.79 Å². The third-order valence-electron chi connectivity index (χ3n) is 5.78. The zero-order chi connectivity index (χ0) is 20.9. The minimum Gasteiger partial charge on any atom is -0.464 e. The maximum Gasteiger partial charge on any atom is 0.354 e. The van der Waals surface area contributed by atoms with Crippen LogP contribution in [0.3, 0.4) is 0 Å². The van der Waals surface area contributed by atoms with Gasteiger partial charge in [-0.05, 0) is 50.7 Å². The lowest BCUT2D eigenvalue weighted by molar-refractivity contribution is 0.0581. The quantitative estimate of drug-likeness (QED) is 0.565. The lowest BCUT2D eigenvalue weighted by Crippen LogP contribution is -2.46. The van der Waals surface area contributed by atoms with Crippen LogP contribution in [-0.2, 0) is 4.74 Å². The average Bonchev–Trinajstić information content (AvgIpc) is 2.80. The molecule has 0 aliphatic heterocycles. The smallest absolute Gasteiger partial charge is 0.354 e. The Hall–Kier alpha value is -3.15. The summed E-state index contributed by atoms with van der Waals surface area (Å²) in [6.07, 6.45) is 13.7. The van der Waals surface area contributed by atoms with Crippen molar-refractivity contribution in [1.29, 1.82) is 0 Å². The highest BCUT2D eigenvalue weighted by Gasteiger charge is 2.26. The molecule has 1 aromatic carbocycles. The molecule has 30 heavy (non-hydrogen) atoms. The van der Waals surface area contributed by atoms with Crippen LogP contribution in [0.1, 0.15) is 61.1 Å². The summed E-state index contributed by atoms with van der Waals surface area (Å²) in [7, 11) is 1.35. The molecule has 0 saturated carbocycles. The molecular formula is C24H27N3O3. The van der Waals surface area contributed by atoms with Gasteiger partial charge >= 0.3 is 5.97 Å². The molecule has 0 saturated heterocycles. The minimum absolute atomic E-state index is 0.0158. The molecule has 0 fully saturated rings. The number of hydrogen-bond acceptors (Lipinski definition) is 4. The van der Waals surface area contributed by atoms with Crippen molar-refractivity contribution in [2.75, 3.05) is 7.11 Å². The van der Waals surface area contributed by atoms with Crippen LogP contribution in [0.4, 0.5) is 5.69 Å². The van der Waals surface area contributed by atoms with Gasteiger partial charge in [0.2, 0.25) is 5.62 Å². The fraction of sp³-hybridized carbons (Fsp3) is 0.375. The summed E-state index contributed by atoms with van der Waals surface area (Å²) < 4.78 is 8.75. The first kappa shape index (κ1) is 20.1. The summed E-state index contributed by atoms with van der Waals surface area (Å²) in [6.45, 7) is 0. The van der Waals surface area contributed by atoms with Gasteiger partial charge in [0, 0.05) is 18.2 Å². The number of ether oxygens (including phenoxy) is 1. The molecule has 0 N–H and O–H groups in total. The van der Waals surface area contributed by atoms with Crippen LogP contribution in [0.2, 0.25) is 0 Å². The Morgan fingerprint density at radius 1 is 0.967 bits per heavy atom. The van der Waals surface area contributed by atoms with Crippen molar-refractivity contribution in [3.8, 4) is 0 Å². The van der Waals surface area contributed by atoms with E-state index in [0.717, 1.165) is 44.2 Å². The summed E-state index contributed by atoms with van der Waals surface area (Å²) >= 11 is 0. The van der Waals surface area contributed by atoms with Crippen LogP contribution >= 0.6 is 0 Å². The Morgan fingerprint density at radius 3 is 2.17 bits per heavy atom. The molecule has 0 amide bonds. The van der Waals surface area contributed by atoms with Gasteiger partial charge in [0.1, 0.15) is 5.69 Å². The van der Waals surface area contributed by atoms with Crippen LogP contribution in [0.25, 0.3) is 0 Å². The van der Waals surface area contributed by atoms with Gasteiger partial charge in [0.25, 0.3) is 5.56 Å². The maximum atomic E-state index is 13.2. The Balaban J connectivity index is 2.04. The third-order valence-corrected chi connectivity index (χ3v) is 5.78. The van der Waals surface area contributed by atoms with Gasteiger partial charge in [-0.2, -0.15) is 0 Å². The van der Waals surface area contributed by atoms with E-state index >= 15 is 0 Å². The lowest BCUT2D eigenvalue weighted by Gasteiger charge is -2.28. The number of esters is 1. The second-order valence-electron chi connectivity index (χ2n) is 7.72. The monoisotopic (exact) mass is 405 g/mol. The number of para-hydroxylation sites is 1. The molecule has 2 aliphatic carbocycles. The van der Waals surface area contributed by atoms with Crippen molar-refractivity contribution < 1.29 is 9.53 Å². The first-order chi connectivity index (χ1) is 14.7. The highest BCUT2D eigenvalue weighted by molar-refractivity contribution is 5.87. The van der Waals surface area contributed by atoms with Gasteiger partial charge in [-0.1, -0.05) is 42.5 Å². The number of methoxy groups -OCH3 is 1. The fourth-order valence-corrected chi connectivity index (χ4v) is 4.29. The molecule has 1 heterocycles. The summed E-state index contributed by atoms with van der Waals surface area (Å²) in [5.74, 6) is -0.512. The zero-order valence-corrected chi connectivity index (χ0v) is 17.2. The molecule has 2 aromatic rings. The zero-order valence-electron chi connectivity index (χ0n) is 17.2. The van der Waals surface area contributed by atoms with E-state index in [4.69, 9.17) is 9.73 Å². The molecule has 1 aromatic heterocycles. The highest BCUT2D eigenvalue weighted by Crippen LogP contribution is 2.26. The number of nitrogens with zero attached hydrogens (tertiary/aromatic N) is 3. The number of aromatic nitrogens is 2. The van der Waals surface area contributed by atoms with E-state index < -0.39 is 5.97 Å². The van der Waals surface area contributed by atoms with E-state index in [1.165, 1.54) is 13.2 Å². The molecule has 0 radical (unpaired) electrons. The molecule has 2 atom stereocenters. The summed E-state index contributed by atoms with van der Waals surface area (Å²) in [5.41, 5.74) is 1.32. The van der Waals surface area contributed by atoms with Crippen LogP contribution in [0.15, 0.2) is 70.5 Å². The van der Waals surface area contributed by atoms with E-state index in [0.29, 0.717) is 5.62 Å². The second kappa shape index (κ2) is 9.11. The van der Waals surface area contributed by atoms with E-state index in [9.17, 15) is 9.59 Å². The lowest BCUT2D eigenvalue weighted by atomic mass is 10.0. The molecule has 0 bridgehead atoms. The van der Waals surface area contributed by atoms with Crippen LogP contribution < -0.4 is 11.2 Å². The minimum atomic E-state index is -0.512. The fourth-order valence-electron chi connectivity index (χ4n) is 4.29. The molecule has 6 nitrogen and oxygen atoms in total. The number of benzene rings is 1. The predicted octanol–water partition coefficient (Wildman–Crippen LogP) is 4.23. The van der Waals surface area contributed by atoms with E-state index in [-0.39, 0.29) is 23.3 Å². The van der Waals surface area contributed by atoms with E-state index in [1.54, 1.807) is 4.57 Å². The average molecular weight is 405 g/mol. The molecule has 156 valence electrons.